The van der Waals surface area contributed by atoms with Crippen molar-refractivity contribution < 1.29 is 19.2 Å². The largest absolute Gasteiger partial charge is 0.312 e. The summed E-state index contributed by atoms with van der Waals surface area (Å²) in [4.78, 5) is 76.3. The molecule has 3 heterocycles. The molecule has 0 saturated carbocycles. The Morgan fingerprint density at radius 3 is 1.65 bits per heavy atom. The van der Waals surface area contributed by atoms with E-state index >= 15 is 0 Å². The summed E-state index contributed by atoms with van der Waals surface area (Å²) in [6, 6.07) is 31.6. The van der Waals surface area contributed by atoms with Crippen LogP contribution in [0, 0.1) is 0 Å². The van der Waals surface area contributed by atoms with Crippen LogP contribution < -0.4 is 9.48 Å². The Morgan fingerprint density at radius 1 is 0.543 bits per heavy atom. The van der Waals surface area contributed by atoms with Crippen molar-refractivity contribution in [2.45, 2.75) is 6.17 Å². The lowest BCUT2D eigenvalue weighted by Crippen LogP contribution is -2.52. The zero-order chi connectivity index (χ0) is 31.1. The molecule has 10 nitrogen and oxygen atoms in total. The molecule has 0 fully saturated rings. The Labute approximate surface area is 260 Å². The zero-order valence-corrected chi connectivity index (χ0v) is 23.8. The third-order valence-corrected chi connectivity index (χ3v) is 8.45. The number of anilines is 2. The van der Waals surface area contributed by atoms with E-state index in [-0.39, 0.29) is 62.5 Å². The van der Waals surface area contributed by atoms with Crippen LogP contribution in [-0.2, 0) is 0 Å². The summed E-state index contributed by atoms with van der Waals surface area (Å²) in [5.74, 6) is -0.933. The third kappa shape index (κ3) is 3.49. The maximum Gasteiger partial charge on any atom is 0.312 e. The minimum atomic E-state index is -0.982. The van der Waals surface area contributed by atoms with Crippen molar-refractivity contribution in [1.29, 1.82) is 0 Å². The molecule has 10 heteroatoms. The standard InChI is InChI=1S/C36H19N6O4/c43-29-21-15-7-9-17-23(21)31(45)27-25(29)37-33-35(39-27)42(20-13-5-2-6-14-20)36-34(41(33)19-11-3-1-4-12-19)38-26-28(40-36)32(46)24-18-10-8-16-22(24)30(26)44/h1-18,33H/q+1. The van der Waals surface area contributed by atoms with Gasteiger partial charge in [-0.05, 0) is 24.3 Å². The number of hydrogen-bond acceptors (Lipinski definition) is 9. The van der Waals surface area contributed by atoms with E-state index in [2.05, 4.69) is 0 Å². The number of carbonyl (C=O) groups excluding carboxylic acids is 4. The van der Waals surface area contributed by atoms with Gasteiger partial charge in [0.15, 0.2) is 11.4 Å². The van der Waals surface area contributed by atoms with E-state index in [0.29, 0.717) is 11.4 Å². The topological polar surface area (TPSA) is 125 Å². The van der Waals surface area contributed by atoms with Gasteiger partial charge in [-0.15, -0.1) is 0 Å². The van der Waals surface area contributed by atoms with Gasteiger partial charge >= 0.3 is 5.82 Å². The van der Waals surface area contributed by atoms with Crippen LogP contribution in [0.1, 0.15) is 52.8 Å². The summed E-state index contributed by atoms with van der Waals surface area (Å²) >= 11 is 0. The summed E-state index contributed by atoms with van der Waals surface area (Å²) in [7, 11) is 0. The van der Waals surface area contributed by atoms with Crippen LogP contribution in [0.25, 0.3) is 0 Å². The third-order valence-electron chi connectivity index (χ3n) is 8.45. The monoisotopic (exact) mass is 599 g/mol. The van der Waals surface area contributed by atoms with Crippen molar-refractivity contribution in [3.8, 4) is 0 Å². The Hall–Kier alpha value is -6.55. The maximum atomic E-state index is 13.8. The number of hydrogen-bond donors (Lipinski definition) is 0. The fraction of sp³-hybridized carbons (Fsp3) is 0.0278. The minimum Gasteiger partial charge on any atom is -0.289 e. The number of rotatable bonds is 2. The number of aliphatic imine (C=N–C) groups is 2. The molecule has 46 heavy (non-hydrogen) atoms. The first-order valence-electron chi connectivity index (χ1n) is 14.5. The predicted octanol–water partition coefficient (Wildman–Crippen LogP) is 4.94. The van der Waals surface area contributed by atoms with Crippen molar-refractivity contribution in [1.82, 2.24) is 14.5 Å². The van der Waals surface area contributed by atoms with Crippen molar-refractivity contribution in [2.75, 3.05) is 4.90 Å². The fourth-order valence-corrected chi connectivity index (χ4v) is 6.35. The van der Waals surface area contributed by atoms with Gasteiger partial charge in [-0.1, -0.05) is 94.9 Å². The van der Waals surface area contributed by atoms with E-state index in [1.807, 2.05) is 60.7 Å². The number of amidine groups is 1. The Morgan fingerprint density at radius 2 is 1.04 bits per heavy atom. The van der Waals surface area contributed by atoms with Crippen LogP contribution in [0.2, 0.25) is 0 Å². The lowest BCUT2D eigenvalue weighted by Gasteiger charge is -2.35. The highest BCUT2D eigenvalue weighted by molar-refractivity contribution is 6.88. The Balaban J connectivity index is 1.38. The van der Waals surface area contributed by atoms with Crippen LogP contribution in [0.5, 0.6) is 0 Å². The van der Waals surface area contributed by atoms with Crippen LogP contribution in [0.4, 0.5) is 23.0 Å². The lowest BCUT2D eigenvalue weighted by atomic mass is 9.86. The highest BCUT2D eigenvalue weighted by Crippen LogP contribution is 2.42. The summed E-state index contributed by atoms with van der Waals surface area (Å²) in [6.45, 7) is 0. The van der Waals surface area contributed by atoms with Gasteiger partial charge in [-0.25, -0.2) is 9.98 Å². The second kappa shape index (κ2) is 9.47. The molecule has 1 aromatic heterocycles. The summed E-state index contributed by atoms with van der Waals surface area (Å²) in [6.07, 6.45) is -0.982. The molecular weight excluding hydrogens is 580 g/mol. The van der Waals surface area contributed by atoms with Crippen LogP contribution in [0.3, 0.4) is 0 Å². The molecule has 5 aromatic rings. The van der Waals surface area contributed by atoms with Gasteiger partial charge in [0, 0.05) is 27.9 Å². The number of fused-ring (bicyclic) bond motifs is 6. The fourth-order valence-electron chi connectivity index (χ4n) is 6.35. The highest BCUT2D eigenvalue weighted by Gasteiger charge is 2.50. The molecule has 0 N–H and O–H groups in total. The number of benzene rings is 4. The van der Waals surface area contributed by atoms with E-state index in [9.17, 15) is 19.2 Å². The van der Waals surface area contributed by atoms with E-state index < -0.39 is 29.3 Å². The first-order valence-corrected chi connectivity index (χ1v) is 14.5. The smallest absolute Gasteiger partial charge is 0.289 e. The molecule has 0 saturated heterocycles. The van der Waals surface area contributed by atoms with E-state index in [1.165, 1.54) is 0 Å². The second-order valence-corrected chi connectivity index (χ2v) is 11.0. The minimum absolute atomic E-state index is 0.0547. The van der Waals surface area contributed by atoms with Crippen LogP contribution in [-0.4, -0.2) is 56.5 Å². The van der Waals surface area contributed by atoms with Gasteiger partial charge in [-0.3, -0.25) is 24.1 Å². The van der Waals surface area contributed by atoms with E-state index in [0.717, 1.165) is 0 Å². The lowest BCUT2D eigenvalue weighted by molar-refractivity contribution is 0.0971. The molecule has 216 valence electrons. The SMILES string of the molecule is O=C1C2=NC3=[N+](c4ccccc4)c4nc5c(nc4N(c4ccccc4)C3N=C2C(=O)c2ccccc21)C(=O)c1ccccc1C5=O. The molecule has 4 aromatic carbocycles. The number of Topliss-reactive ketones (excluding diaryl/α,β-unsaturated/α-hetero) is 2. The molecule has 0 amide bonds. The highest BCUT2D eigenvalue weighted by atomic mass is 16.1. The molecule has 4 aliphatic rings. The van der Waals surface area contributed by atoms with Crippen molar-refractivity contribution in [3.05, 3.63) is 143 Å². The van der Waals surface area contributed by atoms with Crippen molar-refractivity contribution in [3.63, 3.8) is 0 Å². The van der Waals surface area contributed by atoms with E-state index in [4.69, 9.17) is 20.0 Å². The van der Waals surface area contributed by atoms with Gasteiger partial charge in [0.2, 0.25) is 46.5 Å². The molecule has 2 aliphatic heterocycles. The molecule has 0 spiro atoms. The van der Waals surface area contributed by atoms with Gasteiger partial charge < -0.3 is 0 Å². The number of ketones is 4. The molecule has 2 aliphatic carbocycles. The van der Waals surface area contributed by atoms with Crippen LogP contribution >= 0.6 is 0 Å². The van der Waals surface area contributed by atoms with E-state index in [1.54, 1.807) is 58.0 Å². The van der Waals surface area contributed by atoms with Gasteiger partial charge in [0.05, 0.1) is 0 Å². The van der Waals surface area contributed by atoms with Crippen molar-refractivity contribution in [2.24, 2.45) is 9.98 Å². The summed E-state index contributed by atoms with van der Waals surface area (Å²) in [5, 5.41) is 0. The van der Waals surface area contributed by atoms with Gasteiger partial charge in [0.25, 0.3) is 5.84 Å². The normalized spacial score (nSPS) is 17.7. The first-order chi connectivity index (χ1) is 22.5. The number of nitrogens with zero attached hydrogens (tertiary/aromatic N) is 6. The number of para-hydroxylation sites is 2. The molecule has 1 unspecified atom stereocenters. The van der Waals surface area contributed by atoms with Crippen molar-refractivity contribution >= 4 is 63.4 Å². The second-order valence-electron chi connectivity index (χ2n) is 11.0. The number of carbonyl (C=O) groups is 4. The maximum absolute atomic E-state index is 13.8. The molecule has 0 bridgehead atoms. The summed E-state index contributed by atoms with van der Waals surface area (Å²) < 4.78 is 1.69. The average molecular weight is 600 g/mol. The number of aromatic nitrogens is 2. The molecule has 0 radical (unpaired) electrons. The average Bonchev–Trinajstić information content (AvgIpc) is 3.11. The molecule has 1 atom stereocenters. The zero-order valence-electron chi connectivity index (χ0n) is 23.8. The Kier molecular flexibility index (Phi) is 5.33. The molecule has 9 rings (SSSR count). The van der Waals surface area contributed by atoms with Gasteiger partial charge in [-0.2, -0.15) is 4.58 Å². The van der Waals surface area contributed by atoms with Gasteiger partial charge in [0.1, 0.15) is 5.69 Å². The Bertz CT molecular complexity index is 2340. The summed E-state index contributed by atoms with van der Waals surface area (Å²) in [5.41, 5.74) is 1.96. The predicted molar refractivity (Wildman–Crippen MR) is 171 cm³/mol. The molecular formula is C36H19N6O4+. The quantitative estimate of drug-likeness (QED) is 0.258. The first kappa shape index (κ1) is 25.9. The van der Waals surface area contributed by atoms with Crippen LogP contribution in [0.15, 0.2) is 119 Å².